The van der Waals surface area contributed by atoms with Gasteiger partial charge in [0.15, 0.2) is 9.84 Å². The molecule has 1 aliphatic carbocycles. The van der Waals surface area contributed by atoms with Gasteiger partial charge in [-0.2, -0.15) is 0 Å². The lowest BCUT2D eigenvalue weighted by Gasteiger charge is -2.30. The number of rotatable bonds is 5. The van der Waals surface area contributed by atoms with Crippen molar-refractivity contribution in [1.29, 1.82) is 0 Å². The zero-order chi connectivity index (χ0) is 18.2. The van der Waals surface area contributed by atoms with E-state index in [0.29, 0.717) is 31.5 Å². The lowest BCUT2D eigenvalue weighted by Crippen LogP contribution is -2.48. The first-order valence-corrected chi connectivity index (χ1v) is 10.5. The lowest BCUT2D eigenvalue weighted by atomic mass is 10.0. The van der Waals surface area contributed by atoms with E-state index >= 15 is 0 Å². The van der Waals surface area contributed by atoms with E-state index in [1.54, 1.807) is 4.90 Å². The smallest absolute Gasteiger partial charge is 0.240 e. The molecule has 7 heteroatoms. The third kappa shape index (κ3) is 3.56. The molecule has 1 saturated carbocycles. The van der Waals surface area contributed by atoms with E-state index in [0.717, 1.165) is 5.56 Å². The van der Waals surface area contributed by atoms with Gasteiger partial charge in [0.2, 0.25) is 11.8 Å². The first-order chi connectivity index (χ1) is 11.8. The fourth-order valence-electron chi connectivity index (χ4n) is 3.41. The molecule has 6 nitrogen and oxygen atoms in total. The molecule has 1 N–H and O–H groups in total. The van der Waals surface area contributed by atoms with Crippen molar-refractivity contribution < 1.29 is 18.0 Å². The molecule has 1 unspecified atom stereocenters. The van der Waals surface area contributed by atoms with Crippen LogP contribution in [0.3, 0.4) is 0 Å². The molecule has 0 bridgehead atoms. The summed E-state index contributed by atoms with van der Waals surface area (Å²) in [4.78, 5) is 27.3. The number of carbonyl (C=O) groups is 2. The highest BCUT2D eigenvalue weighted by molar-refractivity contribution is 7.91. The van der Waals surface area contributed by atoms with Crippen LogP contribution in [0.15, 0.2) is 24.3 Å². The molecule has 0 aromatic heterocycles. The molecule has 1 aromatic rings. The van der Waals surface area contributed by atoms with Gasteiger partial charge in [0.05, 0.1) is 11.5 Å². The summed E-state index contributed by atoms with van der Waals surface area (Å²) in [7, 11) is -3.08. The van der Waals surface area contributed by atoms with Crippen molar-refractivity contribution in [2.45, 2.75) is 39.2 Å². The topological polar surface area (TPSA) is 83.6 Å². The van der Waals surface area contributed by atoms with E-state index in [1.165, 1.54) is 0 Å². The molecule has 2 fully saturated rings. The normalized spacial score (nSPS) is 23.0. The van der Waals surface area contributed by atoms with Crippen LogP contribution >= 0.6 is 0 Å². The summed E-state index contributed by atoms with van der Waals surface area (Å²) in [5.41, 5.74) is 0.726. The fourth-order valence-corrected chi connectivity index (χ4v) is 5.15. The van der Waals surface area contributed by atoms with Crippen LogP contribution in [0.25, 0.3) is 0 Å². The van der Waals surface area contributed by atoms with Crippen molar-refractivity contribution in [1.82, 2.24) is 4.90 Å². The summed E-state index contributed by atoms with van der Waals surface area (Å²) in [5, 5.41) is 2.83. The Bertz CT molecular complexity index is 782. The van der Waals surface area contributed by atoms with Crippen LogP contribution in [-0.2, 0) is 19.4 Å². The summed E-state index contributed by atoms with van der Waals surface area (Å²) in [6.45, 7) is 4.21. The van der Waals surface area contributed by atoms with Gasteiger partial charge in [0.1, 0.15) is 5.41 Å². The van der Waals surface area contributed by atoms with E-state index in [1.807, 2.05) is 38.1 Å². The minimum Gasteiger partial charge on any atom is -0.338 e. The molecule has 25 heavy (non-hydrogen) atoms. The SMILES string of the molecule is CCN(C(=O)C1(C(=O)Nc2ccc(C)cc2)CC1)C1CCS(=O)(=O)C1. The second-order valence-electron chi connectivity index (χ2n) is 7.05. The van der Waals surface area contributed by atoms with Crippen molar-refractivity contribution in [3.63, 3.8) is 0 Å². The van der Waals surface area contributed by atoms with Gasteiger partial charge in [-0.25, -0.2) is 8.42 Å². The van der Waals surface area contributed by atoms with E-state index in [-0.39, 0.29) is 29.4 Å². The highest BCUT2D eigenvalue weighted by atomic mass is 32.2. The minimum atomic E-state index is -3.08. The molecule has 0 spiro atoms. The van der Waals surface area contributed by atoms with Crippen LogP contribution in [0.1, 0.15) is 31.7 Å². The molecule has 1 atom stereocenters. The summed E-state index contributed by atoms with van der Waals surface area (Å²) < 4.78 is 23.5. The highest BCUT2D eigenvalue weighted by Gasteiger charge is 2.58. The van der Waals surface area contributed by atoms with Crippen LogP contribution in [-0.4, -0.2) is 49.2 Å². The standard InChI is InChI=1S/C18H24N2O4S/c1-3-20(15-8-11-25(23,24)12-15)17(22)18(9-10-18)16(21)19-14-6-4-13(2)5-7-14/h4-7,15H,3,8-12H2,1-2H3,(H,19,21). The monoisotopic (exact) mass is 364 g/mol. The maximum atomic E-state index is 13.0. The Morgan fingerprint density at radius 3 is 2.36 bits per heavy atom. The van der Waals surface area contributed by atoms with Crippen LogP contribution in [0.2, 0.25) is 0 Å². The van der Waals surface area contributed by atoms with Crippen LogP contribution in [0.4, 0.5) is 5.69 Å². The molecule has 0 radical (unpaired) electrons. The largest absolute Gasteiger partial charge is 0.338 e. The molecule has 3 rings (SSSR count). The van der Waals surface area contributed by atoms with Crippen molar-refractivity contribution in [2.24, 2.45) is 5.41 Å². The van der Waals surface area contributed by atoms with Crippen LogP contribution in [0, 0.1) is 12.3 Å². The van der Waals surface area contributed by atoms with Gasteiger partial charge in [0.25, 0.3) is 0 Å². The molecule has 2 aliphatic rings. The molecule has 1 saturated heterocycles. The summed E-state index contributed by atoms with van der Waals surface area (Å²) in [5.74, 6) is -0.408. The molecular weight excluding hydrogens is 340 g/mol. The molecule has 1 aromatic carbocycles. The minimum absolute atomic E-state index is 0.00222. The Kier molecular flexibility index (Phi) is 4.62. The highest BCUT2D eigenvalue weighted by Crippen LogP contribution is 2.48. The number of nitrogens with zero attached hydrogens (tertiary/aromatic N) is 1. The second-order valence-corrected chi connectivity index (χ2v) is 9.28. The van der Waals surface area contributed by atoms with Gasteiger partial charge in [0, 0.05) is 18.3 Å². The average Bonchev–Trinajstić information content (AvgIpc) is 3.30. The molecular formula is C18H24N2O4S. The first kappa shape index (κ1) is 17.9. The third-order valence-corrected chi connectivity index (χ3v) is 6.90. The predicted molar refractivity (Wildman–Crippen MR) is 95.9 cm³/mol. The third-order valence-electron chi connectivity index (χ3n) is 5.15. The van der Waals surface area contributed by atoms with Gasteiger partial charge in [-0.1, -0.05) is 17.7 Å². The van der Waals surface area contributed by atoms with E-state index < -0.39 is 15.3 Å². The summed E-state index contributed by atoms with van der Waals surface area (Å²) in [6, 6.07) is 7.12. The Morgan fingerprint density at radius 2 is 1.88 bits per heavy atom. The number of sulfone groups is 1. The zero-order valence-corrected chi connectivity index (χ0v) is 15.4. The molecule has 1 heterocycles. The number of benzene rings is 1. The van der Waals surface area contributed by atoms with E-state index in [4.69, 9.17) is 0 Å². The van der Waals surface area contributed by atoms with Crippen LogP contribution < -0.4 is 5.32 Å². The van der Waals surface area contributed by atoms with Gasteiger partial charge in [-0.05, 0) is 45.2 Å². The number of nitrogens with one attached hydrogen (secondary N) is 1. The first-order valence-electron chi connectivity index (χ1n) is 8.67. The molecule has 2 amide bonds. The number of amides is 2. The quantitative estimate of drug-likeness (QED) is 0.807. The number of hydrogen-bond acceptors (Lipinski definition) is 4. The predicted octanol–water partition coefficient (Wildman–Crippen LogP) is 1.75. The van der Waals surface area contributed by atoms with Crippen molar-refractivity contribution >= 4 is 27.3 Å². The second kappa shape index (κ2) is 6.44. The number of carbonyl (C=O) groups excluding carboxylic acids is 2. The van der Waals surface area contributed by atoms with Gasteiger partial charge in [-0.3, -0.25) is 9.59 Å². The number of aryl methyl sites for hydroxylation is 1. The molecule has 1 aliphatic heterocycles. The number of hydrogen-bond donors (Lipinski definition) is 1. The maximum Gasteiger partial charge on any atom is 0.240 e. The van der Waals surface area contributed by atoms with Crippen LogP contribution in [0.5, 0.6) is 0 Å². The fraction of sp³-hybridized carbons (Fsp3) is 0.556. The van der Waals surface area contributed by atoms with Gasteiger partial charge >= 0.3 is 0 Å². The lowest BCUT2D eigenvalue weighted by molar-refractivity contribution is -0.143. The van der Waals surface area contributed by atoms with Crippen molar-refractivity contribution in [2.75, 3.05) is 23.4 Å². The zero-order valence-electron chi connectivity index (χ0n) is 14.6. The Labute approximate surface area is 148 Å². The molecule has 136 valence electrons. The van der Waals surface area contributed by atoms with Crippen molar-refractivity contribution in [3.8, 4) is 0 Å². The Hall–Kier alpha value is -1.89. The Balaban J connectivity index is 1.73. The van der Waals surface area contributed by atoms with E-state index in [2.05, 4.69) is 5.32 Å². The number of anilines is 1. The van der Waals surface area contributed by atoms with Gasteiger partial charge in [-0.15, -0.1) is 0 Å². The average molecular weight is 364 g/mol. The Morgan fingerprint density at radius 1 is 1.24 bits per heavy atom. The van der Waals surface area contributed by atoms with Gasteiger partial charge < -0.3 is 10.2 Å². The summed E-state index contributed by atoms with van der Waals surface area (Å²) >= 11 is 0. The van der Waals surface area contributed by atoms with Crippen molar-refractivity contribution in [3.05, 3.63) is 29.8 Å². The van der Waals surface area contributed by atoms with E-state index in [9.17, 15) is 18.0 Å². The summed E-state index contributed by atoms with van der Waals surface area (Å²) in [6.07, 6.45) is 1.48. The maximum absolute atomic E-state index is 13.0.